The first kappa shape index (κ1) is 13.2. The van der Waals surface area contributed by atoms with Crippen LogP contribution in [0.3, 0.4) is 0 Å². The molecule has 0 heterocycles. The summed E-state index contributed by atoms with van der Waals surface area (Å²) in [5.41, 5.74) is 1.09. The van der Waals surface area contributed by atoms with Crippen molar-refractivity contribution in [2.45, 2.75) is 38.9 Å². The number of methoxy groups -OCH3 is 1. The van der Waals surface area contributed by atoms with Crippen LogP contribution in [-0.4, -0.2) is 19.3 Å². The Balaban J connectivity index is 2.71. The smallest absolute Gasteiger partial charge is 0.0854 e. The fourth-order valence-corrected chi connectivity index (χ4v) is 1.61. The summed E-state index contributed by atoms with van der Waals surface area (Å²) in [5, 5.41) is 0. The Kier molecular flexibility index (Phi) is 4.97. The van der Waals surface area contributed by atoms with Crippen molar-refractivity contribution in [2.75, 3.05) is 13.7 Å². The highest BCUT2D eigenvalue weighted by molar-refractivity contribution is 5.17. The second-order valence-electron chi connectivity index (χ2n) is 4.91. The van der Waals surface area contributed by atoms with E-state index in [1.165, 1.54) is 5.56 Å². The van der Waals surface area contributed by atoms with E-state index in [2.05, 4.69) is 32.9 Å². The first-order valence-electron chi connectivity index (χ1n) is 5.74. The fourth-order valence-electron chi connectivity index (χ4n) is 1.61. The first-order chi connectivity index (χ1) is 7.53. The largest absolute Gasteiger partial charge is 0.385 e. The van der Waals surface area contributed by atoms with Crippen LogP contribution >= 0.6 is 0 Å². The van der Waals surface area contributed by atoms with Crippen molar-refractivity contribution in [1.29, 1.82) is 0 Å². The van der Waals surface area contributed by atoms with E-state index < -0.39 is 0 Å². The third-order valence-electron chi connectivity index (χ3n) is 2.25. The predicted octanol–water partition coefficient (Wildman–Crippen LogP) is 3.58. The van der Waals surface area contributed by atoms with E-state index in [0.29, 0.717) is 0 Å². The maximum atomic E-state index is 6.05. The molecule has 0 radical (unpaired) electrons. The quantitative estimate of drug-likeness (QED) is 0.758. The van der Waals surface area contributed by atoms with Crippen LogP contribution in [0.5, 0.6) is 0 Å². The average Bonchev–Trinajstić information content (AvgIpc) is 2.24. The van der Waals surface area contributed by atoms with E-state index >= 15 is 0 Å². The summed E-state index contributed by atoms with van der Waals surface area (Å²) >= 11 is 0. The van der Waals surface area contributed by atoms with Gasteiger partial charge in [0.25, 0.3) is 0 Å². The van der Waals surface area contributed by atoms with Crippen LogP contribution in [0.1, 0.15) is 38.9 Å². The number of benzene rings is 1. The number of ether oxygens (including phenoxy) is 2. The standard InChI is InChI=1S/C14H22O2/c1-14(2,3)16-13(10-11-15-4)12-8-6-5-7-9-12/h5-9,13H,10-11H2,1-4H3. The molecule has 16 heavy (non-hydrogen) atoms. The van der Waals surface area contributed by atoms with E-state index in [4.69, 9.17) is 9.47 Å². The minimum Gasteiger partial charge on any atom is -0.385 e. The third kappa shape index (κ3) is 4.77. The van der Waals surface area contributed by atoms with Gasteiger partial charge >= 0.3 is 0 Å². The molecule has 1 rings (SSSR count). The predicted molar refractivity (Wildman–Crippen MR) is 66.5 cm³/mol. The molecule has 0 bridgehead atoms. The van der Waals surface area contributed by atoms with E-state index in [9.17, 15) is 0 Å². The lowest BCUT2D eigenvalue weighted by atomic mass is 10.1. The van der Waals surface area contributed by atoms with E-state index in [1.54, 1.807) is 7.11 Å². The third-order valence-corrected chi connectivity index (χ3v) is 2.25. The van der Waals surface area contributed by atoms with Gasteiger partial charge < -0.3 is 9.47 Å². The summed E-state index contributed by atoms with van der Waals surface area (Å²) < 4.78 is 11.2. The monoisotopic (exact) mass is 222 g/mol. The summed E-state index contributed by atoms with van der Waals surface area (Å²) in [4.78, 5) is 0. The molecular weight excluding hydrogens is 200 g/mol. The minimum absolute atomic E-state index is 0.112. The molecule has 0 amide bonds. The molecule has 0 saturated heterocycles. The Labute approximate surface area is 98.6 Å². The first-order valence-corrected chi connectivity index (χ1v) is 5.74. The zero-order valence-electron chi connectivity index (χ0n) is 10.7. The molecule has 0 aliphatic rings. The normalized spacial score (nSPS) is 13.8. The van der Waals surface area contributed by atoms with Crippen molar-refractivity contribution in [3.05, 3.63) is 35.9 Å². The molecule has 90 valence electrons. The second-order valence-corrected chi connectivity index (χ2v) is 4.91. The molecule has 1 atom stereocenters. The lowest BCUT2D eigenvalue weighted by molar-refractivity contribution is -0.0717. The molecule has 0 fully saturated rings. The molecular formula is C14H22O2. The Hall–Kier alpha value is -0.860. The molecule has 0 spiro atoms. The van der Waals surface area contributed by atoms with E-state index in [0.717, 1.165) is 13.0 Å². The van der Waals surface area contributed by atoms with Gasteiger partial charge in [-0.3, -0.25) is 0 Å². The highest BCUT2D eigenvalue weighted by atomic mass is 16.5. The van der Waals surface area contributed by atoms with Gasteiger partial charge in [-0.05, 0) is 26.3 Å². The van der Waals surface area contributed by atoms with Crippen molar-refractivity contribution < 1.29 is 9.47 Å². The number of hydrogen-bond acceptors (Lipinski definition) is 2. The Bertz CT molecular complexity index is 287. The summed E-state index contributed by atoms with van der Waals surface area (Å²) in [5.74, 6) is 0. The zero-order valence-corrected chi connectivity index (χ0v) is 10.7. The van der Waals surface area contributed by atoms with Crippen LogP contribution in [0.15, 0.2) is 30.3 Å². The van der Waals surface area contributed by atoms with E-state index in [-0.39, 0.29) is 11.7 Å². The van der Waals surface area contributed by atoms with Crippen molar-refractivity contribution in [1.82, 2.24) is 0 Å². The summed E-state index contributed by atoms with van der Waals surface area (Å²) in [7, 11) is 1.72. The van der Waals surface area contributed by atoms with Crippen molar-refractivity contribution in [2.24, 2.45) is 0 Å². The maximum Gasteiger partial charge on any atom is 0.0854 e. The molecule has 2 heteroatoms. The summed E-state index contributed by atoms with van der Waals surface area (Å²) in [6.45, 7) is 6.96. The van der Waals surface area contributed by atoms with Crippen LogP contribution in [-0.2, 0) is 9.47 Å². The van der Waals surface area contributed by atoms with Gasteiger partial charge in [0.1, 0.15) is 0 Å². The highest BCUT2D eigenvalue weighted by Gasteiger charge is 2.19. The van der Waals surface area contributed by atoms with Crippen molar-refractivity contribution in [3.8, 4) is 0 Å². The minimum atomic E-state index is -0.131. The molecule has 0 aliphatic heterocycles. The molecule has 0 aliphatic carbocycles. The molecule has 0 N–H and O–H groups in total. The van der Waals surface area contributed by atoms with Crippen LogP contribution < -0.4 is 0 Å². The van der Waals surface area contributed by atoms with Gasteiger partial charge in [-0.2, -0.15) is 0 Å². The molecule has 2 nitrogen and oxygen atoms in total. The number of hydrogen-bond donors (Lipinski definition) is 0. The van der Waals surface area contributed by atoms with Crippen LogP contribution in [0.4, 0.5) is 0 Å². The van der Waals surface area contributed by atoms with Crippen LogP contribution in [0.25, 0.3) is 0 Å². The van der Waals surface area contributed by atoms with Gasteiger partial charge in [0.05, 0.1) is 11.7 Å². The van der Waals surface area contributed by atoms with Crippen LogP contribution in [0, 0.1) is 0 Å². The molecule has 0 saturated carbocycles. The van der Waals surface area contributed by atoms with Gasteiger partial charge in [-0.25, -0.2) is 0 Å². The van der Waals surface area contributed by atoms with Crippen molar-refractivity contribution >= 4 is 0 Å². The summed E-state index contributed by atoms with van der Waals surface area (Å²) in [6.07, 6.45) is 0.999. The Morgan fingerprint density at radius 2 is 1.75 bits per heavy atom. The van der Waals surface area contributed by atoms with Gasteiger partial charge in [0.2, 0.25) is 0 Å². The topological polar surface area (TPSA) is 18.5 Å². The number of rotatable bonds is 5. The van der Waals surface area contributed by atoms with E-state index in [1.807, 2.05) is 18.2 Å². The maximum absolute atomic E-state index is 6.05. The van der Waals surface area contributed by atoms with Gasteiger partial charge in [0.15, 0.2) is 0 Å². The molecule has 1 aromatic rings. The van der Waals surface area contributed by atoms with Gasteiger partial charge in [-0.1, -0.05) is 30.3 Å². The van der Waals surface area contributed by atoms with Gasteiger partial charge in [0, 0.05) is 20.1 Å². The van der Waals surface area contributed by atoms with Gasteiger partial charge in [-0.15, -0.1) is 0 Å². The second kappa shape index (κ2) is 6.02. The zero-order chi connectivity index (χ0) is 12.0. The van der Waals surface area contributed by atoms with Crippen LogP contribution in [0.2, 0.25) is 0 Å². The Morgan fingerprint density at radius 3 is 2.25 bits per heavy atom. The lowest BCUT2D eigenvalue weighted by Gasteiger charge is -2.27. The van der Waals surface area contributed by atoms with Crippen molar-refractivity contribution in [3.63, 3.8) is 0 Å². The summed E-state index contributed by atoms with van der Waals surface area (Å²) in [6, 6.07) is 10.3. The molecule has 1 unspecified atom stereocenters. The SMILES string of the molecule is COCCC(OC(C)(C)C)c1ccccc1. The average molecular weight is 222 g/mol. The molecule has 0 aromatic heterocycles. The molecule has 1 aromatic carbocycles. The fraction of sp³-hybridized carbons (Fsp3) is 0.571. The lowest BCUT2D eigenvalue weighted by Crippen LogP contribution is -2.23. The Morgan fingerprint density at radius 1 is 1.12 bits per heavy atom. The highest BCUT2D eigenvalue weighted by Crippen LogP contribution is 2.26.